The van der Waals surface area contributed by atoms with Gasteiger partial charge in [0.25, 0.3) is 0 Å². The smallest absolute Gasteiger partial charge is 0.322 e. The van der Waals surface area contributed by atoms with Gasteiger partial charge in [0.15, 0.2) is 0 Å². The lowest BCUT2D eigenvalue weighted by Gasteiger charge is -2.22. The van der Waals surface area contributed by atoms with Crippen LogP contribution in [-0.2, 0) is 16.0 Å². The highest BCUT2D eigenvalue weighted by molar-refractivity contribution is 8.47. The van der Waals surface area contributed by atoms with Gasteiger partial charge in [0.1, 0.15) is 8.28 Å². The van der Waals surface area contributed by atoms with Crippen LogP contribution in [0.4, 0.5) is 0 Å². The lowest BCUT2D eigenvalue weighted by Crippen LogP contribution is -2.31. The van der Waals surface area contributed by atoms with E-state index in [2.05, 4.69) is 61.5 Å². The van der Waals surface area contributed by atoms with Crippen molar-refractivity contribution in [2.24, 2.45) is 0 Å². The Kier molecular flexibility index (Phi) is 12.6. The van der Waals surface area contributed by atoms with E-state index < -0.39 is 4.75 Å². The largest absolute Gasteiger partial charge is 0.465 e. The highest BCUT2D eigenvalue weighted by atomic mass is 32.2. The first kappa shape index (κ1) is 32.1. The first-order valence-corrected chi connectivity index (χ1v) is 17.8. The van der Waals surface area contributed by atoms with Crippen molar-refractivity contribution in [3.8, 4) is 0 Å². The van der Waals surface area contributed by atoms with Crippen molar-refractivity contribution in [2.75, 3.05) is 12.4 Å². The third kappa shape index (κ3) is 9.08. The van der Waals surface area contributed by atoms with Crippen LogP contribution < -0.4 is 0 Å². The quantitative estimate of drug-likeness (QED) is 0.0515. The Balaban J connectivity index is 1.15. The molecule has 0 unspecified atom stereocenters. The molecule has 0 radical (unpaired) electrons. The molecule has 0 aliphatic carbocycles. The number of hydrogen-bond acceptors (Lipinski definition) is 5. The molecule has 0 aliphatic rings. The van der Waals surface area contributed by atoms with Crippen LogP contribution in [0.5, 0.6) is 0 Å². The van der Waals surface area contributed by atoms with E-state index >= 15 is 0 Å². The molecule has 4 rings (SSSR count). The number of unbranched alkanes of at least 4 members (excludes halogenated alkanes) is 9. The van der Waals surface area contributed by atoms with Gasteiger partial charge in [0, 0.05) is 0 Å². The zero-order chi connectivity index (χ0) is 29.1. The Morgan fingerprint density at radius 3 is 2.15 bits per heavy atom. The number of thioether (sulfide) groups is 2. The first-order chi connectivity index (χ1) is 19.9. The van der Waals surface area contributed by atoms with Crippen LogP contribution in [0, 0.1) is 0 Å². The molecule has 4 aromatic carbocycles. The average molecular weight is 607 g/mol. The topological polar surface area (TPSA) is 26.3 Å². The number of carbonyl (C=O) groups is 1. The average Bonchev–Trinajstić information content (AvgIpc) is 2.96. The van der Waals surface area contributed by atoms with Gasteiger partial charge < -0.3 is 4.74 Å². The van der Waals surface area contributed by atoms with E-state index in [4.69, 9.17) is 17.0 Å². The number of carbonyl (C=O) groups excluding carboxylic acids is 1. The maximum atomic E-state index is 12.9. The molecule has 2 nitrogen and oxygen atoms in total. The van der Waals surface area contributed by atoms with Gasteiger partial charge in [-0.3, -0.25) is 4.79 Å². The molecule has 0 aromatic heterocycles. The Morgan fingerprint density at radius 2 is 1.41 bits per heavy atom. The second-order valence-corrected chi connectivity index (χ2v) is 15.6. The molecule has 0 aliphatic heterocycles. The van der Waals surface area contributed by atoms with Gasteiger partial charge in [-0.2, -0.15) is 0 Å². The van der Waals surface area contributed by atoms with Gasteiger partial charge in [-0.25, -0.2) is 0 Å². The van der Waals surface area contributed by atoms with E-state index in [0.29, 0.717) is 6.61 Å². The predicted molar refractivity (Wildman–Crippen MR) is 188 cm³/mol. The first-order valence-electron chi connectivity index (χ1n) is 15.6. The van der Waals surface area contributed by atoms with E-state index in [0.717, 1.165) is 28.5 Å². The fourth-order valence-corrected chi connectivity index (χ4v) is 8.71. The zero-order valence-electron chi connectivity index (χ0n) is 25.1. The lowest BCUT2D eigenvalue weighted by atomic mass is 9.90. The van der Waals surface area contributed by atoms with Gasteiger partial charge in [-0.15, -0.1) is 11.8 Å². The Labute approximate surface area is 261 Å². The molecule has 41 heavy (non-hydrogen) atoms. The molecule has 0 amide bonds. The normalized spacial score (nSPS) is 12.1. The summed E-state index contributed by atoms with van der Waals surface area (Å²) in [6.07, 6.45) is 14.8. The summed E-state index contributed by atoms with van der Waals surface area (Å²) in [5.74, 6) is 0.866. The molecule has 0 bridgehead atoms. The van der Waals surface area contributed by atoms with Crippen molar-refractivity contribution in [1.82, 2.24) is 0 Å². The second-order valence-electron chi connectivity index (χ2n) is 11.7. The molecule has 4 aromatic rings. The Hall–Kier alpha value is -1.82. The van der Waals surface area contributed by atoms with Crippen LogP contribution in [0.25, 0.3) is 32.3 Å². The number of benzene rings is 4. The molecule has 0 fully saturated rings. The van der Waals surface area contributed by atoms with Gasteiger partial charge in [0.05, 0.1) is 6.61 Å². The van der Waals surface area contributed by atoms with Crippen LogP contribution in [0.1, 0.15) is 97.0 Å². The number of hydrogen-bond donors (Lipinski definition) is 0. The van der Waals surface area contributed by atoms with Crippen molar-refractivity contribution in [3.05, 3.63) is 60.2 Å². The minimum atomic E-state index is -0.660. The van der Waals surface area contributed by atoms with Crippen LogP contribution >= 0.6 is 35.7 Å². The summed E-state index contributed by atoms with van der Waals surface area (Å²) in [4.78, 5) is 12.9. The molecular formula is C36H46O2S3. The molecule has 0 saturated carbocycles. The van der Waals surface area contributed by atoms with E-state index in [9.17, 15) is 4.79 Å². The highest BCUT2D eigenvalue weighted by Gasteiger charge is 2.31. The summed E-state index contributed by atoms with van der Waals surface area (Å²) >= 11 is 8.79. The molecule has 220 valence electrons. The molecule has 0 heterocycles. The number of ether oxygens (including phenoxy) is 1. The predicted octanol–water partition coefficient (Wildman–Crippen LogP) is 11.5. The van der Waals surface area contributed by atoms with Crippen LogP contribution in [-0.4, -0.2) is 26.6 Å². The second kappa shape index (κ2) is 16.1. The number of rotatable bonds is 17. The summed E-state index contributed by atoms with van der Waals surface area (Å²) < 4.78 is 5.90. The van der Waals surface area contributed by atoms with E-state index in [1.807, 2.05) is 13.8 Å². The molecule has 0 saturated heterocycles. The van der Waals surface area contributed by atoms with Crippen molar-refractivity contribution in [3.63, 3.8) is 0 Å². The van der Waals surface area contributed by atoms with Gasteiger partial charge in [-0.05, 0) is 83.2 Å². The molecule has 0 spiro atoms. The Bertz CT molecular complexity index is 1410. The maximum absolute atomic E-state index is 12.9. The lowest BCUT2D eigenvalue weighted by molar-refractivity contribution is -0.145. The van der Waals surface area contributed by atoms with Crippen molar-refractivity contribution >= 4 is 77.6 Å². The minimum Gasteiger partial charge on any atom is -0.465 e. The summed E-state index contributed by atoms with van der Waals surface area (Å²) in [7, 11) is 0. The molecule has 5 heteroatoms. The van der Waals surface area contributed by atoms with Gasteiger partial charge in [-0.1, -0.05) is 137 Å². The monoisotopic (exact) mass is 606 g/mol. The molecule has 0 N–H and O–H groups in total. The highest BCUT2D eigenvalue weighted by Crippen LogP contribution is 2.37. The SMILES string of the molecule is CCCCCCCCCCCSC(=S)SC(C)(C)C(=O)OCCCCc1cc2cccc3ccc4cccc1c4c32. The van der Waals surface area contributed by atoms with Crippen LogP contribution in [0.2, 0.25) is 0 Å². The summed E-state index contributed by atoms with van der Waals surface area (Å²) in [5, 5.41) is 7.98. The van der Waals surface area contributed by atoms with Gasteiger partial charge >= 0.3 is 5.97 Å². The van der Waals surface area contributed by atoms with Crippen LogP contribution in [0.3, 0.4) is 0 Å². The standard InChI is InChI=1S/C36H46O2S3/c1-4-5-6-7-8-9-10-11-14-25-40-35(39)41-36(2,3)34(37)38-24-13-12-17-29-26-30-20-15-18-27-22-23-28-19-16-21-31(29)33(28)32(27)30/h15-16,18-23,26H,4-14,17,24-25H2,1-3H3. The van der Waals surface area contributed by atoms with Crippen molar-refractivity contribution < 1.29 is 9.53 Å². The van der Waals surface area contributed by atoms with Crippen molar-refractivity contribution in [2.45, 2.75) is 103 Å². The summed E-state index contributed by atoms with van der Waals surface area (Å²) in [5.41, 5.74) is 1.37. The number of aryl methyl sites for hydroxylation is 1. The minimum absolute atomic E-state index is 0.171. The Morgan fingerprint density at radius 1 is 0.780 bits per heavy atom. The number of thiocarbonyl (C=S) groups is 1. The fourth-order valence-electron chi connectivity index (χ4n) is 5.65. The van der Waals surface area contributed by atoms with Crippen molar-refractivity contribution in [1.29, 1.82) is 0 Å². The van der Waals surface area contributed by atoms with E-state index in [1.165, 1.54) is 107 Å². The maximum Gasteiger partial charge on any atom is 0.322 e. The van der Waals surface area contributed by atoms with Gasteiger partial charge in [0.2, 0.25) is 0 Å². The third-order valence-corrected chi connectivity index (χ3v) is 10.7. The van der Waals surface area contributed by atoms with E-state index in [1.54, 1.807) is 11.8 Å². The fraction of sp³-hybridized carbons (Fsp3) is 0.500. The summed E-state index contributed by atoms with van der Waals surface area (Å²) in [6, 6.07) is 20.0. The van der Waals surface area contributed by atoms with Crippen LogP contribution in [0.15, 0.2) is 54.6 Å². The third-order valence-electron chi connectivity index (χ3n) is 7.97. The summed E-state index contributed by atoms with van der Waals surface area (Å²) in [6.45, 7) is 6.57. The molecular weight excluding hydrogens is 561 g/mol. The molecule has 0 atom stereocenters. The number of esters is 1. The zero-order valence-corrected chi connectivity index (χ0v) is 27.6. The van der Waals surface area contributed by atoms with E-state index in [-0.39, 0.29) is 5.97 Å².